The lowest BCUT2D eigenvalue weighted by Crippen LogP contribution is -2.06. The molecule has 0 aliphatic carbocycles. The summed E-state index contributed by atoms with van der Waals surface area (Å²) in [6.45, 7) is 0.980. The van der Waals surface area contributed by atoms with Gasteiger partial charge in [0.05, 0.1) is 24.3 Å². The van der Waals surface area contributed by atoms with Gasteiger partial charge in [-0.1, -0.05) is 89.9 Å². The summed E-state index contributed by atoms with van der Waals surface area (Å²) in [7, 11) is 0. The Morgan fingerprint density at radius 2 is 0.658 bits per heavy atom. The third kappa shape index (κ3) is 14.7. The molecule has 0 aromatic heterocycles. The number of nitrogens with two attached hydrogens (primary N) is 2. The molecular weight excluding hydrogens is 476 g/mol. The highest BCUT2D eigenvalue weighted by molar-refractivity contribution is 5.90. The molecule has 6 heteroatoms. The average molecular weight is 525 g/mol. The highest BCUT2D eigenvalue weighted by Gasteiger charge is 2.07. The van der Waals surface area contributed by atoms with E-state index in [1.807, 2.05) is 0 Å². The molecule has 0 radical (unpaired) electrons. The Balaban J connectivity index is 1.25. The van der Waals surface area contributed by atoms with Crippen LogP contribution in [-0.4, -0.2) is 25.2 Å². The first-order valence-electron chi connectivity index (χ1n) is 14.6. The standard InChI is InChI=1S/C32H48N2O4/c33-29-21-17-27(18-22-29)31(35)37-25-15-13-11-9-7-5-3-1-2-4-6-8-10-12-14-16-26-38-32(36)28-19-23-30(34)24-20-28/h17-24H,1-16,25-26,33-34H2. The van der Waals surface area contributed by atoms with Crippen LogP contribution in [0, 0.1) is 0 Å². The Morgan fingerprint density at radius 3 is 0.921 bits per heavy atom. The van der Waals surface area contributed by atoms with Crippen LogP contribution in [0.1, 0.15) is 123 Å². The number of rotatable bonds is 21. The number of unbranched alkanes of at least 4 members (excludes halogenated alkanes) is 15. The summed E-state index contributed by atoms with van der Waals surface area (Å²) in [4.78, 5) is 23.8. The predicted molar refractivity (Wildman–Crippen MR) is 156 cm³/mol. The zero-order valence-electron chi connectivity index (χ0n) is 23.1. The number of ether oxygens (including phenoxy) is 2. The average Bonchev–Trinajstić information content (AvgIpc) is 2.92. The number of carbonyl (C=O) groups excluding carboxylic acids is 2. The van der Waals surface area contributed by atoms with E-state index in [0.717, 1.165) is 25.7 Å². The van der Waals surface area contributed by atoms with Crippen LogP contribution in [0.25, 0.3) is 0 Å². The second-order valence-electron chi connectivity index (χ2n) is 10.2. The number of benzene rings is 2. The molecule has 0 amide bonds. The van der Waals surface area contributed by atoms with Crippen LogP contribution >= 0.6 is 0 Å². The Labute approximate surface area is 229 Å². The van der Waals surface area contributed by atoms with Gasteiger partial charge in [-0.25, -0.2) is 9.59 Å². The summed E-state index contributed by atoms with van der Waals surface area (Å²) >= 11 is 0. The number of anilines is 2. The van der Waals surface area contributed by atoms with E-state index in [1.165, 1.54) is 77.0 Å². The molecule has 0 atom stereocenters. The molecule has 38 heavy (non-hydrogen) atoms. The Morgan fingerprint density at radius 1 is 0.421 bits per heavy atom. The molecule has 0 bridgehead atoms. The van der Waals surface area contributed by atoms with E-state index in [1.54, 1.807) is 48.5 Å². The van der Waals surface area contributed by atoms with E-state index in [9.17, 15) is 9.59 Å². The molecule has 2 aromatic rings. The van der Waals surface area contributed by atoms with Crippen molar-refractivity contribution in [1.29, 1.82) is 0 Å². The molecule has 6 nitrogen and oxygen atoms in total. The van der Waals surface area contributed by atoms with Crippen molar-refractivity contribution >= 4 is 23.3 Å². The van der Waals surface area contributed by atoms with E-state index in [4.69, 9.17) is 20.9 Å². The van der Waals surface area contributed by atoms with Gasteiger partial charge in [-0.2, -0.15) is 0 Å². The van der Waals surface area contributed by atoms with Gasteiger partial charge in [0.15, 0.2) is 0 Å². The number of hydrogen-bond donors (Lipinski definition) is 2. The highest BCUT2D eigenvalue weighted by Crippen LogP contribution is 2.14. The molecule has 0 aliphatic rings. The van der Waals surface area contributed by atoms with Crippen LogP contribution in [0.2, 0.25) is 0 Å². The fourth-order valence-corrected chi connectivity index (χ4v) is 4.41. The normalized spacial score (nSPS) is 10.8. The minimum absolute atomic E-state index is 0.268. The van der Waals surface area contributed by atoms with Crippen molar-refractivity contribution in [3.63, 3.8) is 0 Å². The first-order chi connectivity index (χ1) is 18.6. The van der Waals surface area contributed by atoms with Crippen LogP contribution in [0.5, 0.6) is 0 Å². The molecule has 0 spiro atoms. The summed E-state index contributed by atoms with van der Waals surface area (Å²) in [6.07, 6.45) is 19.7. The van der Waals surface area contributed by atoms with Crippen molar-refractivity contribution < 1.29 is 19.1 Å². The van der Waals surface area contributed by atoms with Crippen molar-refractivity contribution in [3.05, 3.63) is 59.7 Å². The van der Waals surface area contributed by atoms with Crippen molar-refractivity contribution in [2.45, 2.75) is 103 Å². The van der Waals surface area contributed by atoms with Crippen molar-refractivity contribution in [2.24, 2.45) is 0 Å². The molecule has 210 valence electrons. The zero-order valence-corrected chi connectivity index (χ0v) is 23.1. The van der Waals surface area contributed by atoms with Gasteiger partial charge in [-0.05, 0) is 61.4 Å². The van der Waals surface area contributed by atoms with Gasteiger partial charge in [0.1, 0.15) is 0 Å². The van der Waals surface area contributed by atoms with E-state index < -0.39 is 0 Å². The van der Waals surface area contributed by atoms with Gasteiger partial charge in [0, 0.05) is 11.4 Å². The first kappa shape index (κ1) is 31.2. The molecule has 0 heterocycles. The van der Waals surface area contributed by atoms with Crippen LogP contribution in [0.3, 0.4) is 0 Å². The van der Waals surface area contributed by atoms with E-state index >= 15 is 0 Å². The molecule has 0 fully saturated rings. The van der Waals surface area contributed by atoms with Gasteiger partial charge >= 0.3 is 11.9 Å². The quantitative estimate of drug-likeness (QED) is 0.0971. The number of esters is 2. The van der Waals surface area contributed by atoms with Gasteiger partial charge < -0.3 is 20.9 Å². The van der Waals surface area contributed by atoms with Gasteiger partial charge in [-0.15, -0.1) is 0 Å². The molecule has 0 aliphatic heterocycles. The molecule has 2 rings (SSSR count). The molecule has 0 unspecified atom stereocenters. The summed E-state index contributed by atoms with van der Waals surface area (Å²) in [5, 5.41) is 0. The Bertz CT molecular complexity index is 821. The molecule has 0 saturated carbocycles. The highest BCUT2D eigenvalue weighted by atomic mass is 16.5. The van der Waals surface area contributed by atoms with Crippen LogP contribution in [0.15, 0.2) is 48.5 Å². The minimum Gasteiger partial charge on any atom is -0.462 e. The van der Waals surface area contributed by atoms with Crippen molar-refractivity contribution in [3.8, 4) is 0 Å². The third-order valence-corrected chi connectivity index (χ3v) is 6.80. The summed E-state index contributed by atoms with van der Waals surface area (Å²) in [5.41, 5.74) is 13.7. The number of carbonyl (C=O) groups is 2. The fraction of sp³-hybridized carbons (Fsp3) is 0.562. The lowest BCUT2D eigenvalue weighted by atomic mass is 10.0. The third-order valence-electron chi connectivity index (χ3n) is 6.80. The maximum absolute atomic E-state index is 11.9. The lowest BCUT2D eigenvalue weighted by Gasteiger charge is -2.06. The molecule has 2 aromatic carbocycles. The first-order valence-corrected chi connectivity index (χ1v) is 14.6. The fourth-order valence-electron chi connectivity index (χ4n) is 4.41. The van der Waals surface area contributed by atoms with E-state index in [2.05, 4.69) is 0 Å². The second-order valence-corrected chi connectivity index (χ2v) is 10.2. The van der Waals surface area contributed by atoms with Crippen molar-refractivity contribution in [2.75, 3.05) is 24.7 Å². The predicted octanol–water partition coefficient (Wildman–Crippen LogP) is 8.11. The maximum atomic E-state index is 11.9. The van der Waals surface area contributed by atoms with E-state index in [-0.39, 0.29) is 11.9 Å². The SMILES string of the molecule is Nc1ccc(C(=O)OCCCCCCCCCCCCCCCCCCOC(=O)c2ccc(N)cc2)cc1. The largest absolute Gasteiger partial charge is 0.462 e. The minimum atomic E-state index is -0.268. The summed E-state index contributed by atoms with van der Waals surface area (Å²) < 4.78 is 10.6. The number of nitrogen functional groups attached to an aromatic ring is 2. The topological polar surface area (TPSA) is 105 Å². The van der Waals surface area contributed by atoms with Crippen LogP contribution in [-0.2, 0) is 9.47 Å². The lowest BCUT2D eigenvalue weighted by molar-refractivity contribution is 0.0488. The zero-order chi connectivity index (χ0) is 27.3. The maximum Gasteiger partial charge on any atom is 0.338 e. The van der Waals surface area contributed by atoms with Crippen LogP contribution in [0.4, 0.5) is 11.4 Å². The molecule has 4 N–H and O–H groups in total. The Kier molecular flexibility index (Phi) is 16.4. The Hall–Kier alpha value is -3.02. The van der Waals surface area contributed by atoms with Gasteiger partial charge in [0.2, 0.25) is 0 Å². The monoisotopic (exact) mass is 524 g/mol. The summed E-state index contributed by atoms with van der Waals surface area (Å²) in [6, 6.07) is 13.7. The second kappa shape index (κ2) is 20.0. The molecular formula is C32H48N2O4. The van der Waals surface area contributed by atoms with E-state index in [0.29, 0.717) is 35.7 Å². The smallest absolute Gasteiger partial charge is 0.338 e. The van der Waals surface area contributed by atoms with Gasteiger partial charge in [0.25, 0.3) is 0 Å². The number of hydrogen-bond acceptors (Lipinski definition) is 6. The van der Waals surface area contributed by atoms with Gasteiger partial charge in [-0.3, -0.25) is 0 Å². The van der Waals surface area contributed by atoms with Crippen molar-refractivity contribution in [1.82, 2.24) is 0 Å². The van der Waals surface area contributed by atoms with Crippen LogP contribution < -0.4 is 11.5 Å². The summed E-state index contributed by atoms with van der Waals surface area (Å²) in [5.74, 6) is -0.535. The molecule has 0 saturated heterocycles.